The molecule has 0 saturated heterocycles. The minimum absolute atomic E-state index is 0.670. The summed E-state index contributed by atoms with van der Waals surface area (Å²) in [6.45, 7) is 4.37. The van der Waals surface area contributed by atoms with Crippen LogP contribution >= 0.6 is 0 Å². The molecule has 0 heterocycles. The normalized spacial score (nSPS) is 10.8. The third-order valence-corrected chi connectivity index (χ3v) is 1.68. The molecule has 0 aliphatic heterocycles. The molecule has 0 aliphatic carbocycles. The Labute approximate surface area is 76.1 Å². The van der Waals surface area contributed by atoms with Gasteiger partial charge < -0.3 is 0 Å². The highest BCUT2D eigenvalue weighted by Gasteiger charge is 1.87. The Morgan fingerprint density at radius 1 is 1.25 bits per heavy atom. The van der Waals surface area contributed by atoms with Gasteiger partial charge in [0.25, 0.3) is 0 Å². The first-order valence-electron chi connectivity index (χ1n) is 4.81. The molecule has 0 aromatic heterocycles. The van der Waals surface area contributed by atoms with Gasteiger partial charge in [-0.2, -0.15) is 5.26 Å². The summed E-state index contributed by atoms with van der Waals surface area (Å²) in [5.41, 5.74) is 0. The van der Waals surface area contributed by atoms with E-state index in [1.54, 1.807) is 0 Å². The number of hydrogen-bond acceptors (Lipinski definition) is 1. The maximum Gasteiger partial charge on any atom is 0.0621 e. The lowest BCUT2D eigenvalue weighted by molar-refractivity contribution is 0.696. The molecule has 0 bridgehead atoms. The molecule has 0 amide bonds. The van der Waals surface area contributed by atoms with E-state index in [-0.39, 0.29) is 0 Å². The largest absolute Gasteiger partial charge is 0.198 e. The Morgan fingerprint density at radius 3 is 2.58 bits per heavy atom. The van der Waals surface area contributed by atoms with E-state index in [2.05, 4.69) is 32.1 Å². The van der Waals surface area contributed by atoms with E-state index in [4.69, 9.17) is 5.26 Å². The molecule has 0 atom stereocenters. The molecule has 0 spiro atoms. The van der Waals surface area contributed by atoms with E-state index in [0.29, 0.717) is 12.3 Å². The number of nitriles is 1. The average Bonchev–Trinajstić information content (AvgIpc) is 2.02. The molecule has 68 valence electrons. The number of hydrogen-bond donors (Lipinski definition) is 0. The van der Waals surface area contributed by atoms with Crippen LogP contribution in [0.1, 0.15) is 46.0 Å². The van der Waals surface area contributed by atoms with Gasteiger partial charge in [0.2, 0.25) is 0 Å². The number of nitrogens with zero attached hydrogens (tertiary/aromatic N) is 1. The fourth-order valence-electron chi connectivity index (χ4n) is 1.01. The molecule has 0 aromatic carbocycles. The molecule has 12 heavy (non-hydrogen) atoms. The zero-order valence-corrected chi connectivity index (χ0v) is 8.21. The lowest BCUT2D eigenvalue weighted by Crippen LogP contribution is -1.78. The third-order valence-electron chi connectivity index (χ3n) is 1.68. The van der Waals surface area contributed by atoms with E-state index >= 15 is 0 Å². The Kier molecular flexibility index (Phi) is 7.79. The first-order valence-corrected chi connectivity index (χ1v) is 4.81. The van der Waals surface area contributed by atoms with E-state index < -0.39 is 0 Å². The SMILES string of the molecule is CC(C)C=CCCCCCC#N. The highest BCUT2D eigenvalue weighted by atomic mass is 14.2. The van der Waals surface area contributed by atoms with Crippen LogP contribution in [0.4, 0.5) is 0 Å². The number of allylic oxidation sites excluding steroid dienone is 2. The van der Waals surface area contributed by atoms with Crippen molar-refractivity contribution in [3.63, 3.8) is 0 Å². The van der Waals surface area contributed by atoms with Gasteiger partial charge in [0, 0.05) is 6.42 Å². The zero-order valence-electron chi connectivity index (χ0n) is 8.21. The summed E-state index contributed by atoms with van der Waals surface area (Å²) in [5.74, 6) is 0.670. The molecule has 0 aromatic rings. The second-order valence-electron chi connectivity index (χ2n) is 3.43. The molecule has 0 fully saturated rings. The van der Waals surface area contributed by atoms with Gasteiger partial charge in [-0.1, -0.05) is 32.4 Å². The molecule has 0 saturated carbocycles. The predicted octanol–water partition coefficient (Wildman–Crippen LogP) is 3.67. The molecular weight excluding hydrogens is 146 g/mol. The first-order chi connectivity index (χ1) is 5.77. The highest BCUT2D eigenvalue weighted by molar-refractivity contribution is 4.84. The van der Waals surface area contributed by atoms with Gasteiger partial charge >= 0.3 is 0 Å². The Hall–Kier alpha value is -0.770. The molecule has 0 aliphatic rings. The fraction of sp³-hybridized carbons (Fsp3) is 0.727. The van der Waals surface area contributed by atoms with Crippen molar-refractivity contribution in [2.24, 2.45) is 5.92 Å². The number of unbranched alkanes of at least 4 members (excludes halogenated alkanes) is 4. The summed E-state index contributed by atoms with van der Waals surface area (Å²) in [6, 6.07) is 2.16. The Bertz CT molecular complexity index is 151. The Balaban J connectivity index is 3.06. The van der Waals surface area contributed by atoms with Crippen molar-refractivity contribution in [2.45, 2.75) is 46.0 Å². The maximum absolute atomic E-state index is 8.28. The molecule has 0 N–H and O–H groups in total. The summed E-state index contributed by atoms with van der Waals surface area (Å²) >= 11 is 0. The smallest absolute Gasteiger partial charge is 0.0621 e. The third kappa shape index (κ3) is 9.23. The van der Waals surface area contributed by atoms with Crippen molar-refractivity contribution in [3.8, 4) is 6.07 Å². The number of rotatable bonds is 6. The molecule has 0 rings (SSSR count). The summed E-state index contributed by atoms with van der Waals surface area (Å²) in [5, 5.41) is 8.28. The van der Waals surface area contributed by atoms with Gasteiger partial charge in [-0.15, -0.1) is 0 Å². The predicted molar refractivity (Wildman–Crippen MR) is 52.7 cm³/mol. The second-order valence-corrected chi connectivity index (χ2v) is 3.43. The van der Waals surface area contributed by atoms with Crippen LogP contribution in [0, 0.1) is 17.2 Å². The van der Waals surface area contributed by atoms with Crippen LogP contribution in [0.15, 0.2) is 12.2 Å². The van der Waals surface area contributed by atoms with Crippen molar-refractivity contribution in [2.75, 3.05) is 0 Å². The summed E-state index contributed by atoms with van der Waals surface area (Å²) in [6.07, 6.45) is 9.85. The van der Waals surface area contributed by atoms with Crippen LogP contribution in [0.25, 0.3) is 0 Å². The van der Waals surface area contributed by atoms with Crippen LogP contribution in [-0.4, -0.2) is 0 Å². The monoisotopic (exact) mass is 165 g/mol. The molecule has 0 radical (unpaired) electrons. The fourth-order valence-corrected chi connectivity index (χ4v) is 1.01. The van der Waals surface area contributed by atoms with Crippen molar-refractivity contribution in [1.29, 1.82) is 5.26 Å². The van der Waals surface area contributed by atoms with Crippen molar-refractivity contribution in [1.82, 2.24) is 0 Å². The van der Waals surface area contributed by atoms with Crippen LogP contribution in [-0.2, 0) is 0 Å². The van der Waals surface area contributed by atoms with Crippen LogP contribution in [0.3, 0.4) is 0 Å². The molecule has 1 nitrogen and oxygen atoms in total. The molecular formula is C11H19N. The summed E-state index contributed by atoms with van der Waals surface area (Å²) in [7, 11) is 0. The van der Waals surface area contributed by atoms with E-state index in [1.807, 2.05) is 0 Å². The van der Waals surface area contributed by atoms with Gasteiger partial charge in [0.1, 0.15) is 0 Å². The van der Waals surface area contributed by atoms with Gasteiger partial charge in [0.05, 0.1) is 6.07 Å². The molecule has 1 heteroatoms. The van der Waals surface area contributed by atoms with Gasteiger partial charge in [-0.05, 0) is 25.2 Å². The van der Waals surface area contributed by atoms with Crippen LogP contribution in [0.5, 0.6) is 0 Å². The highest BCUT2D eigenvalue weighted by Crippen LogP contribution is 2.04. The van der Waals surface area contributed by atoms with Crippen LogP contribution in [0.2, 0.25) is 0 Å². The van der Waals surface area contributed by atoms with E-state index in [9.17, 15) is 0 Å². The standard InChI is InChI=1S/C11H19N/c1-11(2)9-7-5-3-4-6-8-10-12/h7,9,11H,3-6,8H2,1-2H3. The van der Waals surface area contributed by atoms with E-state index in [0.717, 1.165) is 6.42 Å². The lowest BCUT2D eigenvalue weighted by Gasteiger charge is -1.95. The average molecular weight is 165 g/mol. The second kappa shape index (κ2) is 8.33. The minimum atomic E-state index is 0.670. The van der Waals surface area contributed by atoms with Crippen molar-refractivity contribution >= 4 is 0 Å². The summed E-state index contributed by atoms with van der Waals surface area (Å²) in [4.78, 5) is 0. The molecule has 0 unspecified atom stereocenters. The zero-order chi connectivity index (χ0) is 9.23. The Morgan fingerprint density at radius 2 is 2.00 bits per heavy atom. The first kappa shape index (κ1) is 11.2. The van der Waals surface area contributed by atoms with Gasteiger partial charge in [-0.3, -0.25) is 0 Å². The van der Waals surface area contributed by atoms with Gasteiger partial charge in [0.15, 0.2) is 0 Å². The van der Waals surface area contributed by atoms with Crippen LogP contribution < -0.4 is 0 Å². The van der Waals surface area contributed by atoms with Gasteiger partial charge in [-0.25, -0.2) is 0 Å². The summed E-state index contributed by atoms with van der Waals surface area (Å²) < 4.78 is 0. The topological polar surface area (TPSA) is 23.8 Å². The van der Waals surface area contributed by atoms with Crippen molar-refractivity contribution in [3.05, 3.63) is 12.2 Å². The quantitative estimate of drug-likeness (QED) is 0.435. The minimum Gasteiger partial charge on any atom is -0.198 e. The lowest BCUT2D eigenvalue weighted by atomic mass is 10.1. The van der Waals surface area contributed by atoms with Crippen molar-refractivity contribution < 1.29 is 0 Å². The maximum atomic E-state index is 8.28. The van der Waals surface area contributed by atoms with E-state index in [1.165, 1.54) is 19.3 Å².